The van der Waals surface area contributed by atoms with Gasteiger partial charge in [0, 0.05) is 18.5 Å². The summed E-state index contributed by atoms with van der Waals surface area (Å²) in [6, 6.07) is 1.69. The lowest BCUT2D eigenvalue weighted by Crippen LogP contribution is -2.37. The van der Waals surface area contributed by atoms with Crippen LogP contribution in [0.1, 0.15) is 21.7 Å². The first-order valence-corrected chi connectivity index (χ1v) is 6.83. The van der Waals surface area contributed by atoms with Gasteiger partial charge < -0.3 is 15.3 Å². The van der Waals surface area contributed by atoms with Gasteiger partial charge in [-0.05, 0) is 12.5 Å². The van der Waals surface area contributed by atoms with Gasteiger partial charge in [0.25, 0.3) is 5.91 Å². The Morgan fingerprint density at radius 2 is 2.42 bits per heavy atom. The highest BCUT2D eigenvalue weighted by Crippen LogP contribution is 2.16. The number of nitrogens with zero attached hydrogens (tertiary/aromatic N) is 1. The largest absolute Gasteiger partial charge is 0.384 e. The molecule has 0 spiro atoms. The molecular formula is C13H14N2O3S. The number of carbonyl (C=O) groups is 2. The van der Waals surface area contributed by atoms with Gasteiger partial charge in [0.2, 0.25) is 5.91 Å². The minimum Gasteiger partial charge on any atom is -0.384 e. The van der Waals surface area contributed by atoms with E-state index in [0.717, 1.165) is 11.3 Å². The lowest BCUT2D eigenvalue weighted by atomic mass is 10.2. The summed E-state index contributed by atoms with van der Waals surface area (Å²) in [5.74, 6) is 5.03. The summed E-state index contributed by atoms with van der Waals surface area (Å²) < 4.78 is 0. The van der Waals surface area contributed by atoms with Gasteiger partial charge in [-0.25, -0.2) is 0 Å². The van der Waals surface area contributed by atoms with Crippen molar-refractivity contribution < 1.29 is 14.7 Å². The molecule has 6 heteroatoms. The molecule has 1 aliphatic heterocycles. The Morgan fingerprint density at radius 1 is 1.58 bits per heavy atom. The van der Waals surface area contributed by atoms with Crippen LogP contribution in [0.5, 0.6) is 0 Å². The minimum absolute atomic E-state index is 0.104. The summed E-state index contributed by atoms with van der Waals surface area (Å²) in [5, 5.41) is 13.1. The molecule has 0 bridgehead atoms. The van der Waals surface area contributed by atoms with Crippen molar-refractivity contribution >= 4 is 23.2 Å². The van der Waals surface area contributed by atoms with Crippen LogP contribution >= 0.6 is 11.3 Å². The fourth-order valence-electron chi connectivity index (χ4n) is 1.80. The average molecular weight is 278 g/mol. The highest BCUT2D eigenvalue weighted by atomic mass is 32.1. The van der Waals surface area contributed by atoms with E-state index < -0.39 is 0 Å². The Labute approximate surface area is 115 Å². The van der Waals surface area contributed by atoms with Gasteiger partial charge in [0.1, 0.15) is 6.61 Å². The summed E-state index contributed by atoms with van der Waals surface area (Å²) in [5.41, 5.74) is 0.543. The first-order chi connectivity index (χ1) is 9.20. The minimum atomic E-state index is -0.201. The van der Waals surface area contributed by atoms with Crippen LogP contribution in [0.15, 0.2) is 11.4 Å². The molecule has 2 heterocycles. The smallest absolute Gasteiger partial charge is 0.255 e. The van der Waals surface area contributed by atoms with Crippen molar-refractivity contribution in [2.24, 2.45) is 0 Å². The monoisotopic (exact) mass is 278 g/mol. The maximum atomic E-state index is 12.2. The van der Waals surface area contributed by atoms with Gasteiger partial charge >= 0.3 is 0 Å². The number of amides is 2. The zero-order valence-electron chi connectivity index (χ0n) is 10.3. The Morgan fingerprint density at radius 3 is 3.21 bits per heavy atom. The van der Waals surface area contributed by atoms with E-state index in [2.05, 4.69) is 17.2 Å². The molecule has 0 aromatic carbocycles. The van der Waals surface area contributed by atoms with Crippen LogP contribution in [-0.4, -0.2) is 48.1 Å². The normalized spacial score (nSPS) is 15.2. The van der Waals surface area contributed by atoms with E-state index in [-0.39, 0.29) is 25.0 Å². The summed E-state index contributed by atoms with van der Waals surface area (Å²) >= 11 is 1.36. The summed E-state index contributed by atoms with van der Waals surface area (Å²) in [6.07, 6.45) is 0.763. The maximum absolute atomic E-state index is 12.2. The van der Waals surface area contributed by atoms with Gasteiger partial charge in [0.05, 0.1) is 17.0 Å². The molecule has 0 radical (unpaired) electrons. The van der Waals surface area contributed by atoms with Gasteiger partial charge in [-0.3, -0.25) is 9.59 Å². The molecule has 0 saturated carbocycles. The van der Waals surface area contributed by atoms with Crippen LogP contribution in [0.4, 0.5) is 0 Å². The van der Waals surface area contributed by atoms with E-state index in [0.29, 0.717) is 18.7 Å². The van der Waals surface area contributed by atoms with E-state index in [9.17, 15) is 9.59 Å². The van der Waals surface area contributed by atoms with Crippen molar-refractivity contribution in [3.63, 3.8) is 0 Å². The van der Waals surface area contributed by atoms with Crippen LogP contribution < -0.4 is 5.32 Å². The zero-order chi connectivity index (χ0) is 13.7. The van der Waals surface area contributed by atoms with Crippen molar-refractivity contribution in [3.05, 3.63) is 21.9 Å². The zero-order valence-corrected chi connectivity index (χ0v) is 11.1. The number of rotatable bonds is 1. The Bertz CT molecular complexity index is 542. The van der Waals surface area contributed by atoms with Gasteiger partial charge in [-0.2, -0.15) is 0 Å². The van der Waals surface area contributed by atoms with Crippen molar-refractivity contribution in [1.82, 2.24) is 10.2 Å². The van der Waals surface area contributed by atoms with Crippen LogP contribution in [-0.2, 0) is 4.79 Å². The molecule has 0 atom stereocenters. The first-order valence-electron chi connectivity index (χ1n) is 5.95. The number of thiophene rings is 1. The van der Waals surface area contributed by atoms with Crippen molar-refractivity contribution in [2.75, 3.05) is 26.2 Å². The first kappa shape index (κ1) is 13.6. The second kappa shape index (κ2) is 6.36. The topological polar surface area (TPSA) is 69.6 Å². The average Bonchev–Trinajstić information content (AvgIpc) is 2.77. The quantitative estimate of drug-likeness (QED) is 0.713. The molecule has 2 amide bonds. The molecule has 0 unspecified atom stereocenters. The number of hydrogen-bond acceptors (Lipinski definition) is 4. The van der Waals surface area contributed by atoms with Gasteiger partial charge in [0.15, 0.2) is 0 Å². The van der Waals surface area contributed by atoms with Crippen molar-refractivity contribution in [1.29, 1.82) is 0 Å². The lowest BCUT2D eigenvalue weighted by Gasteiger charge is -2.17. The summed E-state index contributed by atoms with van der Waals surface area (Å²) in [4.78, 5) is 25.9. The predicted octanol–water partition coefficient (Wildman–Crippen LogP) is 0.0540. The Hall–Kier alpha value is -1.84. The fourth-order valence-corrected chi connectivity index (χ4v) is 2.55. The van der Waals surface area contributed by atoms with Crippen LogP contribution in [0.2, 0.25) is 0 Å². The highest BCUT2D eigenvalue weighted by Gasteiger charge is 2.21. The molecule has 2 rings (SSSR count). The second-order valence-electron chi connectivity index (χ2n) is 4.09. The predicted molar refractivity (Wildman–Crippen MR) is 71.8 cm³/mol. The third-order valence-corrected chi connectivity index (χ3v) is 3.53. The van der Waals surface area contributed by atoms with Gasteiger partial charge in [-0.15, -0.1) is 11.3 Å². The number of hydrogen-bond donors (Lipinski definition) is 2. The van der Waals surface area contributed by atoms with Crippen molar-refractivity contribution in [3.8, 4) is 11.8 Å². The van der Waals surface area contributed by atoms with E-state index in [1.165, 1.54) is 11.3 Å². The molecule has 2 N–H and O–H groups in total. The standard InChI is InChI=1S/C13H14N2O3S/c16-6-1-3-11-7-10(9-19-11)13(18)15-5-2-4-14-12(17)8-15/h7,9,16H,2,4-6,8H2,(H,14,17). The molecule has 0 aliphatic carbocycles. The highest BCUT2D eigenvalue weighted by molar-refractivity contribution is 7.10. The molecule has 100 valence electrons. The molecule has 5 nitrogen and oxygen atoms in total. The molecule has 1 aromatic rings. The van der Waals surface area contributed by atoms with E-state index in [1.54, 1.807) is 16.3 Å². The van der Waals surface area contributed by atoms with E-state index >= 15 is 0 Å². The molecule has 19 heavy (non-hydrogen) atoms. The SMILES string of the molecule is O=C1CN(C(=O)c2csc(C#CCO)c2)CCCN1. The number of aliphatic hydroxyl groups is 1. The molecular weight excluding hydrogens is 264 g/mol. The number of carbonyl (C=O) groups excluding carboxylic acids is 2. The van der Waals surface area contributed by atoms with Crippen LogP contribution in [0.25, 0.3) is 0 Å². The third-order valence-electron chi connectivity index (χ3n) is 2.69. The van der Waals surface area contributed by atoms with Gasteiger partial charge in [-0.1, -0.05) is 11.8 Å². The van der Waals surface area contributed by atoms with Crippen LogP contribution in [0.3, 0.4) is 0 Å². The molecule has 1 aromatic heterocycles. The molecule has 1 fully saturated rings. The van der Waals surface area contributed by atoms with Crippen LogP contribution in [0, 0.1) is 11.8 Å². The Balaban J connectivity index is 2.10. The van der Waals surface area contributed by atoms with Crippen molar-refractivity contribution in [2.45, 2.75) is 6.42 Å². The lowest BCUT2D eigenvalue weighted by molar-refractivity contribution is -0.121. The number of aliphatic hydroxyl groups excluding tert-OH is 1. The maximum Gasteiger partial charge on any atom is 0.255 e. The third kappa shape index (κ3) is 3.56. The molecule has 1 aliphatic rings. The summed E-state index contributed by atoms with van der Waals surface area (Å²) in [7, 11) is 0. The molecule has 1 saturated heterocycles. The van der Waals surface area contributed by atoms with E-state index in [4.69, 9.17) is 5.11 Å². The fraction of sp³-hybridized carbons (Fsp3) is 0.385. The summed E-state index contributed by atoms with van der Waals surface area (Å²) in [6.45, 7) is 1.09. The Kier molecular flexibility index (Phi) is 4.55. The van der Waals surface area contributed by atoms with E-state index in [1.807, 2.05) is 0 Å². The number of nitrogens with one attached hydrogen (secondary N) is 1. The second-order valence-corrected chi connectivity index (χ2v) is 5.00.